The fraction of sp³-hybridized carbons (Fsp3) is 0.294. The predicted molar refractivity (Wildman–Crippen MR) is 90.5 cm³/mol. The number of unbranched alkanes of at least 4 members (excludes halogenated alkanes) is 1. The van der Waals surface area contributed by atoms with Gasteiger partial charge in [-0.3, -0.25) is 10.1 Å². The second kappa shape index (κ2) is 7.83. The van der Waals surface area contributed by atoms with E-state index < -0.39 is 4.92 Å². The molecule has 0 aliphatic heterocycles. The van der Waals surface area contributed by atoms with Crippen LogP contribution in [0.2, 0.25) is 5.02 Å². The van der Waals surface area contributed by atoms with Crippen molar-refractivity contribution in [2.24, 2.45) is 0 Å². The molecular weight excluding hydrogens is 318 g/mol. The molecule has 122 valence electrons. The summed E-state index contributed by atoms with van der Waals surface area (Å²) in [7, 11) is 1.56. The SMILES string of the molecule is CCCCOc1cc(OC)ccc1-c1cccc(Cl)c1[N+](=O)[O-]. The van der Waals surface area contributed by atoms with Crippen LogP contribution in [0.5, 0.6) is 11.5 Å². The molecule has 0 radical (unpaired) electrons. The predicted octanol–water partition coefficient (Wildman–Crippen LogP) is 5.10. The first-order chi connectivity index (χ1) is 11.1. The maximum absolute atomic E-state index is 11.4. The van der Waals surface area contributed by atoms with E-state index in [1.165, 1.54) is 6.07 Å². The number of ether oxygens (including phenoxy) is 2. The van der Waals surface area contributed by atoms with Crippen LogP contribution < -0.4 is 9.47 Å². The lowest BCUT2D eigenvalue weighted by molar-refractivity contribution is -0.384. The number of nitro groups is 1. The fourth-order valence-electron chi connectivity index (χ4n) is 2.22. The molecule has 0 amide bonds. The van der Waals surface area contributed by atoms with Gasteiger partial charge in [0.05, 0.1) is 24.2 Å². The first-order valence-electron chi connectivity index (χ1n) is 7.32. The number of halogens is 1. The number of hydrogen-bond donors (Lipinski definition) is 0. The molecule has 2 aromatic rings. The molecule has 0 N–H and O–H groups in total. The minimum atomic E-state index is -0.474. The van der Waals surface area contributed by atoms with Crippen LogP contribution in [0.25, 0.3) is 11.1 Å². The number of nitrogens with zero attached hydrogens (tertiary/aromatic N) is 1. The van der Waals surface area contributed by atoms with Gasteiger partial charge in [-0.2, -0.15) is 0 Å². The highest BCUT2D eigenvalue weighted by Gasteiger charge is 2.22. The van der Waals surface area contributed by atoms with Gasteiger partial charge in [0.1, 0.15) is 16.5 Å². The summed E-state index contributed by atoms with van der Waals surface area (Å²) >= 11 is 6.00. The quantitative estimate of drug-likeness (QED) is 0.401. The van der Waals surface area contributed by atoms with Gasteiger partial charge in [0, 0.05) is 11.6 Å². The number of benzene rings is 2. The van der Waals surface area contributed by atoms with Crippen molar-refractivity contribution >= 4 is 17.3 Å². The lowest BCUT2D eigenvalue weighted by atomic mass is 10.0. The van der Waals surface area contributed by atoms with Crippen molar-refractivity contribution in [1.29, 1.82) is 0 Å². The Kier molecular flexibility index (Phi) is 5.82. The molecule has 0 unspecified atom stereocenters. The van der Waals surface area contributed by atoms with Crippen molar-refractivity contribution in [1.82, 2.24) is 0 Å². The van der Waals surface area contributed by atoms with Crippen LogP contribution in [0.4, 0.5) is 5.69 Å². The zero-order chi connectivity index (χ0) is 16.8. The lowest BCUT2D eigenvalue weighted by Gasteiger charge is -2.13. The average molecular weight is 336 g/mol. The summed E-state index contributed by atoms with van der Waals surface area (Å²) in [6, 6.07) is 10.1. The summed E-state index contributed by atoms with van der Waals surface area (Å²) in [4.78, 5) is 10.9. The third-order valence-corrected chi connectivity index (χ3v) is 3.71. The van der Waals surface area contributed by atoms with Crippen molar-refractivity contribution in [3.05, 3.63) is 51.5 Å². The Hall–Kier alpha value is -2.27. The highest BCUT2D eigenvalue weighted by atomic mass is 35.5. The van der Waals surface area contributed by atoms with Crippen molar-refractivity contribution in [2.75, 3.05) is 13.7 Å². The standard InChI is InChI=1S/C17H18ClNO4/c1-3-4-10-23-16-11-12(22-2)8-9-13(16)14-6-5-7-15(18)17(14)19(20)21/h5-9,11H,3-4,10H2,1-2H3. The van der Waals surface area contributed by atoms with E-state index in [0.717, 1.165) is 12.8 Å². The molecule has 23 heavy (non-hydrogen) atoms. The molecule has 0 atom stereocenters. The van der Waals surface area contributed by atoms with Crippen LogP contribution in [0.3, 0.4) is 0 Å². The third-order valence-electron chi connectivity index (χ3n) is 3.40. The molecule has 0 bridgehead atoms. The maximum atomic E-state index is 11.4. The Morgan fingerprint density at radius 1 is 1.22 bits per heavy atom. The van der Waals surface area contributed by atoms with Gasteiger partial charge in [0.2, 0.25) is 0 Å². The number of rotatable bonds is 7. The first kappa shape index (κ1) is 17.1. The zero-order valence-electron chi connectivity index (χ0n) is 13.0. The number of hydrogen-bond acceptors (Lipinski definition) is 4. The number of methoxy groups -OCH3 is 1. The number of nitro benzene ring substituents is 1. The minimum absolute atomic E-state index is 0.0998. The van der Waals surface area contributed by atoms with Gasteiger partial charge in [-0.1, -0.05) is 31.0 Å². The van der Waals surface area contributed by atoms with E-state index in [2.05, 4.69) is 6.92 Å². The highest BCUT2D eigenvalue weighted by Crippen LogP contribution is 2.41. The van der Waals surface area contributed by atoms with Crippen LogP contribution in [-0.4, -0.2) is 18.6 Å². The Balaban J connectivity index is 2.54. The zero-order valence-corrected chi connectivity index (χ0v) is 13.8. The van der Waals surface area contributed by atoms with Gasteiger partial charge in [-0.25, -0.2) is 0 Å². The molecule has 2 aromatic carbocycles. The minimum Gasteiger partial charge on any atom is -0.497 e. The topological polar surface area (TPSA) is 61.6 Å². The monoisotopic (exact) mass is 335 g/mol. The maximum Gasteiger partial charge on any atom is 0.295 e. The Labute approximate surface area is 139 Å². The fourth-order valence-corrected chi connectivity index (χ4v) is 2.46. The highest BCUT2D eigenvalue weighted by molar-refractivity contribution is 6.33. The molecular formula is C17H18ClNO4. The van der Waals surface area contributed by atoms with Crippen molar-refractivity contribution in [3.63, 3.8) is 0 Å². The molecule has 6 heteroatoms. The normalized spacial score (nSPS) is 10.4. The second-order valence-electron chi connectivity index (χ2n) is 4.96. The average Bonchev–Trinajstić information content (AvgIpc) is 2.54. The molecule has 0 spiro atoms. The molecule has 0 saturated carbocycles. The van der Waals surface area contributed by atoms with Gasteiger partial charge < -0.3 is 9.47 Å². The van der Waals surface area contributed by atoms with Crippen molar-refractivity contribution in [2.45, 2.75) is 19.8 Å². The summed E-state index contributed by atoms with van der Waals surface area (Å²) in [5.74, 6) is 1.17. The van der Waals surface area contributed by atoms with E-state index in [0.29, 0.717) is 29.2 Å². The Bertz CT molecular complexity index is 703. The van der Waals surface area contributed by atoms with Gasteiger partial charge in [0.25, 0.3) is 5.69 Å². The molecule has 2 rings (SSSR count). The molecule has 0 aliphatic carbocycles. The molecule has 5 nitrogen and oxygen atoms in total. The first-order valence-corrected chi connectivity index (χ1v) is 7.70. The largest absolute Gasteiger partial charge is 0.497 e. The molecule has 0 saturated heterocycles. The summed E-state index contributed by atoms with van der Waals surface area (Å²) in [6.07, 6.45) is 1.89. The van der Waals surface area contributed by atoms with Crippen LogP contribution in [0.15, 0.2) is 36.4 Å². The summed E-state index contributed by atoms with van der Waals surface area (Å²) in [5.41, 5.74) is 0.924. The lowest BCUT2D eigenvalue weighted by Crippen LogP contribution is -2.00. The molecule has 0 aromatic heterocycles. The van der Waals surface area contributed by atoms with E-state index >= 15 is 0 Å². The van der Waals surface area contributed by atoms with Crippen LogP contribution >= 0.6 is 11.6 Å². The number of para-hydroxylation sites is 1. The third kappa shape index (κ3) is 3.93. The van der Waals surface area contributed by atoms with Crippen molar-refractivity contribution in [3.8, 4) is 22.6 Å². The van der Waals surface area contributed by atoms with Crippen LogP contribution in [0, 0.1) is 10.1 Å². The van der Waals surface area contributed by atoms with E-state index in [1.807, 2.05) is 0 Å². The van der Waals surface area contributed by atoms with Crippen LogP contribution in [0.1, 0.15) is 19.8 Å². The van der Waals surface area contributed by atoms with Gasteiger partial charge in [0.15, 0.2) is 0 Å². The molecule has 0 aliphatic rings. The Morgan fingerprint density at radius 2 is 2.00 bits per heavy atom. The second-order valence-corrected chi connectivity index (χ2v) is 5.36. The Morgan fingerprint density at radius 3 is 2.65 bits per heavy atom. The smallest absolute Gasteiger partial charge is 0.295 e. The van der Waals surface area contributed by atoms with Gasteiger partial charge in [-0.05, 0) is 30.7 Å². The van der Waals surface area contributed by atoms with E-state index in [9.17, 15) is 10.1 Å². The molecule has 0 heterocycles. The van der Waals surface area contributed by atoms with E-state index in [1.54, 1.807) is 37.4 Å². The van der Waals surface area contributed by atoms with Crippen molar-refractivity contribution < 1.29 is 14.4 Å². The van der Waals surface area contributed by atoms with Gasteiger partial charge in [-0.15, -0.1) is 0 Å². The summed E-state index contributed by atoms with van der Waals surface area (Å²) in [5, 5.41) is 11.5. The van der Waals surface area contributed by atoms with E-state index in [4.69, 9.17) is 21.1 Å². The van der Waals surface area contributed by atoms with Crippen LogP contribution in [-0.2, 0) is 0 Å². The summed E-state index contributed by atoms with van der Waals surface area (Å²) < 4.78 is 11.0. The summed E-state index contributed by atoms with van der Waals surface area (Å²) in [6.45, 7) is 2.60. The van der Waals surface area contributed by atoms with Gasteiger partial charge >= 0.3 is 0 Å². The van der Waals surface area contributed by atoms with E-state index in [-0.39, 0.29) is 10.7 Å². The molecule has 0 fully saturated rings.